The van der Waals surface area contributed by atoms with Gasteiger partial charge in [0, 0.05) is 25.8 Å². The molecule has 1 amide bonds. The van der Waals surface area contributed by atoms with Gasteiger partial charge in [0.2, 0.25) is 0 Å². The SMILES string of the molecule is C=CC1CCN(C(=O)c2ccn(C3CCCNC3)n2)CC1. The van der Waals surface area contributed by atoms with Crippen LogP contribution >= 0.6 is 0 Å². The molecule has 5 nitrogen and oxygen atoms in total. The molecule has 1 atom stereocenters. The van der Waals surface area contributed by atoms with Gasteiger partial charge < -0.3 is 10.2 Å². The van der Waals surface area contributed by atoms with Crippen molar-refractivity contribution in [3.63, 3.8) is 0 Å². The molecule has 2 fully saturated rings. The van der Waals surface area contributed by atoms with E-state index in [-0.39, 0.29) is 5.91 Å². The molecule has 2 saturated heterocycles. The Balaban J connectivity index is 1.62. The zero-order chi connectivity index (χ0) is 14.7. The molecule has 0 aliphatic carbocycles. The standard InChI is InChI=1S/C16H24N4O/c1-2-13-5-9-19(10-6-13)16(21)15-7-11-20(18-15)14-4-3-8-17-12-14/h2,7,11,13-14,17H,1,3-6,8-10,12H2. The normalized spacial score (nSPS) is 24.0. The number of carbonyl (C=O) groups is 1. The van der Waals surface area contributed by atoms with Crippen molar-refractivity contribution in [2.75, 3.05) is 26.2 Å². The highest BCUT2D eigenvalue weighted by atomic mass is 16.2. The van der Waals surface area contributed by atoms with E-state index in [1.54, 1.807) is 0 Å². The molecular weight excluding hydrogens is 264 g/mol. The first kappa shape index (κ1) is 14.3. The molecule has 1 aromatic rings. The molecule has 21 heavy (non-hydrogen) atoms. The summed E-state index contributed by atoms with van der Waals surface area (Å²) >= 11 is 0. The van der Waals surface area contributed by atoms with Crippen LogP contribution in [0.4, 0.5) is 0 Å². The molecule has 1 unspecified atom stereocenters. The van der Waals surface area contributed by atoms with Crippen molar-refractivity contribution in [3.05, 3.63) is 30.6 Å². The first-order valence-electron chi connectivity index (χ1n) is 7.95. The molecular formula is C16H24N4O. The highest BCUT2D eigenvalue weighted by Crippen LogP contribution is 2.20. The predicted molar refractivity (Wildman–Crippen MR) is 82.2 cm³/mol. The lowest BCUT2D eigenvalue weighted by molar-refractivity contribution is 0.0698. The van der Waals surface area contributed by atoms with Crippen LogP contribution in [0.2, 0.25) is 0 Å². The molecule has 0 bridgehead atoms. The van der Waals surface area contributed by atoms with E-state index in [9.17, 15) is 4.79 Å². The van der Waals surface area contributed by atoms with Gasteiger partial charge in [-0.05, 0) is 44.2 Å². The van der Waals surface area contributed by atoms with Crippen LogP contribution in [-0.2, 0) is 0 Å². The van der Waals surface area contributed by atoms with Gasteiger partial charge in [-0.3, -0.25) is 9.48 Å². The maximum atomic E-state index is 12.5. The number of carbonyl (C=O) groups excluding carboxylic acids is 1. The Kier molecular flexibility index (Phi) is 4.39. The summed E-state index contributed by atoms with van der Waals surface area (Å²) in [5.41, 5.74) is 0.581. The van der Waals surface area contributed by atoms with E-state index in [0.717, 1.165) is 45.4 Å². The number of likely N-dealkylation sites (tertiary alicyclic amines) is 1. The second-order valence-corrected chi connectivity index (χ2v) is 6.05. The van der Waals surface area contributed by atoms with Crippen molar-refractivity contribution in [1.82, 2.24) is 20.0 Å². The molecule has 2 aliphatic rings. The van der Waals surface area contributed by atoms with Gasteiger partial charge in [0.25, 0.3) is 5.91 Å². The molecule has 1 N–H and O–H groups in total. The molecule has 1 aromatic heterocycles. The van der Waals surface area contributed by atoms with Gasteiger partial charge in [0.05, 0.1) is 6.04 Å². The number of allylic oxidation sites excluding steroid dienone is 1. The lowest BCUT2D eigenvalue weighted by Crippen LogP contribution is -2.38. The predicted octanol–water partition coefficient (Wildman–Crippen LogP) is 1.85. The summed E-state index contributed by atoms with van der Waals surface area (Å²) < 4.78 is 1.95. The molecule has 0 aromatic carbocycles. The highest BCUT2D eigenvalue weighted by molar-refractivity contribution is 5.92. The van der Waals surface area contributed by atoms with Crippen molar-refractivity contribution in [3.8, 4) is 0 Å². The Morgan fingerprint density at radius 1 is 1.38 bits per heavy atom. The molecule has 0 radical (unpaired) electrons. The fourth-order valence-corrected chi connectivity index (χ4v) is 3.21. The van der Waals surface area contributed by atoms with Crippen LogP contribution in [0.5, 0.6) is 0 Å². The van der Waals surface area contributed by atoms with Gasteiger partial charge in [-0.25, -0.2) is 0 Å². The number of rotatable bonds is 3. The van der Waals surface area contributed by atoms with Gasteiger partial charge in [-0.15, -0.1) is 6.58 Å². The van der Waals surface area contributed by atoms with Gasteiger partial charge in [0.1, 0.15) is 5.69 Å². The fraction of sp³-hybridized carbons (Fsp3) is 0.625. The summed E-state index contributed by atoms with van der Waals surface area (Å²) in [4.78, 5) is 14.4. The number of piperidine rings is 2. The van der Waals surface area contributed by atoms with Crippen molar-refractivity contribution in [1.29, 1.82) is 0 Å². The summed E-state index contributed by atoms with van der Waals surface area (Å²) in [6, 6.07) is 2.24. The number of hydrogen-bond acceptors (Lipinski definition) is 3. The summed E-state index contributed by atoms with van der Waals surface area (Å²) in [6.07, 6.45) is 8.29. The molecule has 0 saturated carbocycles. The fourth-order valence-electron chi connectivity index (χ4n) is 3.21. The second-order valence-electron chi connectivity index (χ2n) is 6.05. The van der Waals surface area contributed by atoms with E-state index in [4.69, 9.17) is 0 Å². The van der Waals surface area contributed by atoms with Gasteiger partial charge in [-0.1, -0.05) is 6.08 Å². The minimum atomic E-state index is 0.0695. The first-order chi connectivity index (χ1) is 10.3. The zero-order valence-electron chi connectivity index (χ0n) is 12.5. The largest absolute Gasteiger partial charge is 0.337 e. The Hall–Kier alpha value is -1.62. The van der Waals surface area contributed by atoms with Crippen LogP contribution in [0, 0.1) is 5.92 Å². The summed E-state index contributed by atoms with van der Waals surface area (Å²) in [6.45, 7) is 7.50. The van der Waals surface area contributed by atoms with Crippen molar-refractivity contribution >= 4 is 5.91 Å². The number of nitrogens with zero attached hydrogens (tertiary/aromatic N) is 3. The lowest BCUT2D eigenvalue weighted by Gasteiger charge is -2.30. The molecule has 2 aliphatic heterocycles. The van der Waals surface area contributed by atoms with Gasteiger partial charge >= 0.3 is 0 Å². The van der Waals surface area contributed by atoms with Crippen molar-refractivity contribution < 1.29 is 4.79 Å². The van der Waals surface area contributed by atoms with Crippen molar-refractivity contribution in [2.45, 2.75) is 31.7 Å². The van der Waals surface area contributed by atoms with E-state index in [1.807, 2.05) is 27.9 Å². The average Bonchev–Trinajstić information content (AvgIpc) is 3.05. The van der Waals surface area contributed by atoms with E-state index in [0.29, 0.717) is 17.7 Å². The third kappa shape index (κ3) is 3.18. The maximum Gasteiger partial charge on any atom is 0.274 e. The lowest BCUT2D eigenvalue weighted by atomic mass is 9.97. The monoisotopic (exact) mass is 288 g/mol. The van der Waals surface area contributed by atoms with Crippen LogP contribution in [0.25, 0.3) is 0 Å². The third-order valence-electron chi connectivity index (χ3n) is 4.63. The molecule has 3 rings (SSSR count). The summed E-state index contributed by atoms with van der Waals surface area (Å²) in [5, 5.41) is 7.89. The van der Waals surface area contributed by atoms with Crippen molar-refractivity contribution in [2.24, 2.45) is 5.92 Å². The van der Waals surface area contributed by atoms with Crippen LogP contribution < -0.4 is 5.32 Å². The molecule has 0 spiro atoms. The number of aromatic nitrogens is 2. The quantitative estimate of drug-likeness (QED) is 0.864. The topological polar surface area (TPSA) is 50.2 Å². The number of amides is 1. The minimum Gasteiger partial charge on any atom is -0.337 e. The van der Waals surface area contributed by atoms with E-state index >= 15 is 0 Å². The molecule has 114 valence electrons. The van der Waals surface area contributed by atoms with Crippen LogP contribution in [0.1, 0.15) is 42.2 Å². The second kappa shape index (κ2) is 6.43. The smallest absolute Gasteiger partial charge is 0.274 e. The molecule has 5 heteroatoms. The summed E-state index contributed by atoms with van der Waals surface area (Å²) in [7, 11) is 0. The van der Waals surface area contributed by atoms with Crippen LogP contribution in [-0.4, -0.2) is 46.8 Å². The number of nitrogens with one attached hydrogen (secondary N) is 1. The van der Waals surface area contributed by atoms with Crippen LogP contribution in [0.3, 0.4) is 0 Å². The van der Waals surface area contributed by atoms with E-state index in [2.05, 4.69) is 17.0 Å². The zero-order valence-corrected chi connectivity index (χ0v) is 12.5. The minimum absolute atomic E-state index is 0.0695. The van der Waals surface area contributed by atoms with Gasteiger partial charge in [0.15, 0.2) is 0 Å². The van der Waals surface area contributed by atoms with E-state index in [1.165, 1.54) is 6.42 Å². The average molecular weight is 288 g/mol. The summed E-state index contributed by atoms with van der Waals surface area (Å²) in [5.74, 6) is 0.625. The van der Waals surface area contributed by atoms with E-state index < -0.39 is 0 Å². The third-order valence-corrected chi connectivity index (χ3v) is 4.63. The Morgan fingerprint density at radius 2 is 2.19 bits per heavy atom. The Morgan fingerprint density at radius 3 is 2.86 bits per heavy atom. The number of hydrogen-bond donors (Lipinski definition) is 1. The Bertz CT molecular complexity index is 496. The van der Waals surface area contributed by atoms with Gasteiger partial charge in [-0.2, -0.15) is 5.10 Å². The first-order valence-corrected chi connectivity index (χ1v) is 7.95. The Labute approximate surface area is 126 Å². The maximum absolute atomic E-state index is 12.5. The highest BCUT2D eigenvalue weighted by Gasteiger charge is 2.24. The molecule has 3 heterocycles. The van der Waals surface area contributed by atoms with Crippen LogP contribution in [0.15, 0.2) is 24.9 Å².